The maximum absolute atomic E-state index is 11.7. The molecule has 0 aliphatic carbocycles. The molecule has 0 radical (unpaired) electrons. The predicted molar refractivity (Wildman–Crippen MR) is 111 cm³/mol. The zero-order valence-corrected chi connectivity index (χ0v) is 17.3. The van der Waals surface area contributed by atoms with E-state index in [9.17, 15) is 13.5 Å². The lowest BCUT2D eigenvalue weighted by Gasteiger charge is -2.15. The number of hydrogen-bond donors (Lipinski definition) is 1. The Bertz CT molecular complexity index is 606. The van der Waals surface area contributed by atoms with E-state index in [-0.39, 0.29) is 0 Å². The average molecular weight is 381 g/mol. The average Bonchev–Trinajstić information content (AvgIpc) is 2.60. The van der Waals surface area contributed by atoms with Gasteiger partial charge in [-0.3, -0.25) is 0 Å². The van der Waals surface area contributed by atoms with E-state index in [1.54, 1.807) is 0 Å². The lowest BCUT2D eigenvalue weighted by Crippen LogP contribution is -2.13. The maximum Gasteiger partial charge on any atom is 0.168 e. The fraction of sp³-hybridized carbons (Fsp3) is 0.636. The van der Waals surface area contributed by atoms with E-state index in [0.717, 1.165) is 24.8 Å². The highest BCUT2D eigenvalue weighted by Gasteiger charge is 2.13. The molecule has 26 heavy (non-hydrogen) atoms. The predicted octanol–water partition coefficient (Wildman–Crippen LogP) is 5.44. The monoisotopic (exact) mass is 380 g/mol. The van der Waals surface area contributed by atoms with Crippen LogP contribution in [0.4, 0.5) is 0 Å². The van der Waals surface area contributed by atoms with Crippen LogP contribution in [0.25, 0.3) is 0 Å². The van der Waals surface area contributed by atoms with E-state index in [1.807, 2.05) is 30.3 Å². The van der Waals surface area contributed by atoms with Crippen LogP contribution >= 0.6 is 0 Å². The van der Waals surface area contributed by atoms with Gasteiger partial charge in [-0.2, -0.15) is 0 Å². The van der Waals surface area contributed by atoms with E-state index < -0.39 is 15.9 Å². The van der Waals surface area contributed by atoms with Gasteiger partial charge in [-0.25, -0.2) is 8.42 Å². The number of unbranched alkanes of at least 4 members (excludes halogenated alkanes) is 7. The van der Waals surface area contributed by atoms with Crippen molar-refractivity contribution in [3.05, 3.63) is 46.9 Å². The topological polar surface area (TPSA) is 54.4 Å². The third-order valence-electron chi connectivity index (χ3n) is 4.66. The molecule has 1 N–H and O–H groups in total. The van der Waals surface area contributed by atoms with Gasteiger partial charge in [0.2, 0.25) is 0 Å². The smallest absolute Gasteiger partial charge is 0.168 e. The Morgan fingerprint density at radius 2 is 1.58 bits per heavy atom. The molecule has 4 heteroatoms. The van der Waals surface area contributed by atoms with Crippen molar-refractivity contribution in [1.29, 1.82) is 0 Å². The van der Waals surface area contributed by atoms with Crippen molar-refractivity contribution in [3.8, 4) is 0 Å². The zero-order chi connectivity index (χ0) is 19.3. The Kier molecular flexibility index (Phi) is 11.5. The summed E-state index contributed by atoms with van der Waals surface area (Å²) in [6.07, 6.45) is 12.1. The molecule has 0 amide bonds. The second kappa shape index (κ2) is 13.1. The van der Waals surface area contributed by atoms with E-state index in [1.165, 1.54) is 50.2 Å². The van der Waals surface area contributed by atoms with Crippen molar-refractivity contribution in [3.63, 3.8) is 0 Å². The van der Waals surface area contributed by atoms with Crippen LogP contribution in [-0.4, -0.2) is 25.9 Å². The first-order chi connectivity index (χ1) is 12.4. The molecule has 1 atom stereocenters. The van der Waals surface area contributed by atoms with E-state index in [4.69, 9.17) is 0 Å². The number of aliphatic hydroxyl groups excluding tert-OH is 1. The lowest BCUT2D eigenvalue weighted by molar-refractivity contribution is 0.196. The molecule has 0 aromatic heterocycles. The van der Waals surface area contributed by atoms with Crippen molar-refractivity contribution < 1.29 is 13.5 Å². The van der Waals surface area contributed by atoms with Gasteiger partial charge in [0.05, 0.1) is 6.10 Å². The van der Waals surface area contributed by atoms with Gasteiger partial charge in [0, 0.05) is 11.7 Å². The molecule has 0 saturated heterocycles. The number of aliphatic hydroxyl groups is 1. The van der Waals surface area contributed by atoms with Crippen molar-refractivity contribution in [2.45, 2.75) is 83.7 Å². The Balaban J connectivity index is 2.43. The number of rotatable bonds is 14. The Morgan fingerprint density at radius 3 is 2.15 bits per heavy atom. The minimum Gasteiger partial charge on any atom is -0.389 e. The number of benzene rings is 1. The van der Waals surface area contributed by atoms with Crippen LogP contribution in [-0.2, 0) is 16.3 Å². The van der Waals surface area contributed by atoms with Gasteiger partial charge in [-0.05, 0) is 36.8 Å². The van der Waals surface area contributed by atoms with E-state index in [0.29, 0.717) is 18.4 Å². The highest BCUT2D eigenvalue weighted by atomic mass is 32.2. The van der Waals surface area contributed by atoms with Crippen LogP contribution in [0.1, 0.15) is 76.7 Å². The van der Waals surface area contributed by atoms with E-state index in [2.05, 4.69) is 6.92 Å². The first-order valence-electron chi connectivity index (χ1n) is 10.0. The van der Waals surface area contributed by atoms with Crippen molar-refractivity contribution in [2.75, 3.05) is 6.26 Å². The van der Waals surface area contributed by atoms with Crippen LogP contribution in [0, 0.1) is 0 Å². The Hall–Kier alpha value is -1.13. The summed E-state index contributed by atoms with van der Waals surface area (Å²) in [5.74, 6) is 0. The minimum absolute atomic E-state index is 0.558. The third kappa shape index (κ3) is 11.5. The first-order valence-corrected chi connectivity index (χ1v) is 12.0. The van der Waals surface area contributed by atoms with Crippen molar-refractivity contribution >= 4 is 9.84 Å². The van der Waals surface area contributed by atoms with Gasteiger partial charge in [0.1, 0.15) is 0 Å². The molecule has 0 bridgehead atoms. The molecule has 0 heterocycles. The molecular weight excluding hydrogens is 344 g/mol. The van der Waals surface area contributed by atoms with Crippen LogP contribution < -0.4 is 0 Å². The fourth-order valence-corrected chi connectivity index (χ4v) is 4.00. The van der Waals surface area contributed by atoms with Gasteiger partial charge in [-0.1, -0.05) is 82.2 Å². The number of sulfone groups is 1. The van der Waals surface area contributed by atoms with Crippen LogP contribution in [0.15, 0.2) is 41.3 Å². The third-order valence-corrected chi connectivity index (χ3v) is 5.39. The van der Waals surface area contributed by atoms with Crippen LogP contribution in [0.3, 0.4) is 0 Å². The van der Waals surface area contributed by atoms with Crippen molar-refractivity contribution in [2.24, 2.45) is 0 Å². The summed E-state index contributed by atoms with van der Waals surface area (Å²) in [5.41, 5.74) is 1.83. The molecule has 1 aromatic rings. The summed E-state index contributed by atoms with van der Waals surface area (Å²) in [4.78, 5) is 0. The quantitative estimate of drug-likeness (QED) is 0.437. The first kappa shape index (κ1) is 22.9. The molecular formula is C22H36O3S. The fourth-order valence-electron chi connectivity index (χ4n) is 3.18. The largest absolute Gasteiger partial charge is 0.389 e. The second-order valence-electron chi connectivity index (χ2n) is 7.29. The van der Waals surface area contributed by atoms with Crippen molar-refractivity contribution in [1.82, 2.24) is 0 Å². The van der Waals surface area contributed by atoms with Crippen LogP contribution in [0.5, 0.6) is 0 Å². The highest BCUT2D eigenvalue weighted by molar-refractivity contribution is 7.93. The summed E-state index contributed by atoms with van der Waals surface area (Å²) in [5, 5.41) is 11.8. The number of hydrogen-bond acceptors (Lipinski definition) is 3. The summed E-state index contributed by atoms with van der Waals surface area (Å²) in [6.45, 7) is 2.22. The molecule has 3 nitrogen and oxygen atoms in total. The maximum atomic E-state index is 11.7. The lowest BCUT2D eigenvalue weighted by atomic mass is 9.98. The summed E-state index contributed by atoms with van der Waals surface area (Å²) < 4.78 is 23.3. The standard InChI is InChI=1S/C22H36O3S/c1-3-4-5-6-7-8-9-13-16-21(19-26(2,24)25)22(23)18-17-20-14-11-10-12-15-20/h10-12,14-15,19,22-23H,3-9,13,16-18H2,1-2H3/b21-19+. The summed E-state index contributed by atoms with van der Waals surface area (Å²) >= 11 is 0. The molecule has 0 fully saturated rings. The van der Waals surface area contributed by atoms with Gasteiger partial charge in [-0.15, -0.1) is 0 Å². The molecule has 148 valence electrons. The zero-order valence-electron chi connectivity index (χ0n) is 16.5. The van der Waals surface area contributed by atoms with Crippen LogP contribution in [0.2, 0.25) is 0 Å². The molecule has 1 aromatic carbocycles. The second-order valence-corrected chi connectivity index (χ2v) is 9.18. The molecule has 1 unspecified atom stereocenters. The molecule has 0 spiro atoms. The van der Waals surface area contributed by atoms with E-state index >= 15 is 0 Å². The Labute approximate surface area is 160 Å². The van der Waals surface area contributed by atoms with Gasteiger partial charge < -0.3 is 5.11 Å². The normalized spacial score (nSPS) is 13.7. The van der Waals surface area contributed by atoms with Gasteiger partial charge >= 0.3 is 0 Å². The SMILES string of the molecule is CCCCCCCCCC/C(=C\S(C)(=O)=O)C(O)CCc1ccccc1. The summed E-state index contributed by atoms with van der Waals surface area (Å²) in [6, 6.07) is 10.00. The number of aryl methyl sites for hydroxylation is 1. The molecule has 0 aliphatic rings. The highest BCUT2D eigenvalue weighted by Crippen LogP contribution is 2.20. The minimum atomic E-state index is -3.23. The van der Waals surface area contributed by atoms with Gasteiger partial charge in [0.15, 0.2) is 9.84 Å². The molecule has 0 aliphatic heterocycles. The Morgan fingerprint density at radius 1 is 1.00 bits per heavy atom. The molecule has 0 saturated carbocycles. The van der Waals surface area contributed by atoms with Gasteiger partial charge in [0.25, 0.3) is 0 Å². The molecule has 1 rings (SSSR count). The summed E-state index contributed by atoms with van der Waals surface area (Å²) in [7, 11) is -3.23.